The first kappa shape index (κ1) is 14.9. The van der Waals surface area contributed by atoms with E-state index < -0.39 is 16.4 Å². The molecular formula is C15H20FNO3. The molecule has 1 aliphatic carbocycles. The summed E-state index contributed by atoms with van der Waals surface area (Å²) >= 11 is 0. The molecule has 20 heavy (non-hydrogen) atoms. The Labute approximate surface area is 118 Å². The summed E-state index contributed by atoms with van der Waals surface area (Å²) in [5.74, 6) is -0.0754. The largest absolute Gasteiger partial charge is 0.374 e. The molecule has 4 nitrogen and oxygen atoms in total. The van der Waals surface area contributed by atoms with Crippen molar-refractivity contribution in [1.29, 1.82) is 0 Å². The predicted octanol–water partition coefficient (Wildman–Crippen LogP) is 4.22. The van der Waals surface area contributed by atoms with Crippen molar-refractivity contribution in [1.82, 2.24) is 0 Å². The lowest BCUT2D eigenvalue weighted by atomic mass is 9.85. The summed E-state index contributed by atoms with van der Waals surface area (Å²) in [6, 6.07) is 3.95. The topological polar surface area (TPSA) is 52.4 Å². The van der Waals surface area contributed by atoms with E-state index in [9.17, 15) is 14.5 Å². The average molecular weight is 281 g/mol. The first-order chi connectivity index (χ1) is 9.60. The van der Waals surface area contributed by atoms with E-state index >= 15 is 0 Å². The summed E-state index contributed by atoms with van der Waals surface area (Å²) in [6.45, 7) is 2.51. The van der Waals surface area contributed by atoms with Crippen LogP contribution in [0, 0.1) is 21.8 Å². The molecule has 0 saturated heterocycles. The van der Waals surface area contributed by atoms with Gasteiger partial charge in [-0.3, -0.25) is 10.1 Å². The van der Waals surface area contributed by atoms with Gasteiger partial charge in [-0.05, 0) is 36.5 Å². The van der Waals surface area contributed by atoms with Crippen molar-refractivity contribution < 1.29 is 14.1 Å². The van der Waals surface area contributed by atoms with Crippen LogP contribution in [-0.4, -0.2) is 11.0 Å². The highest BCUT2D eigenvalue weighted by molar-refractivity contribution is 5.34. The van der Waals surface area contributed by atoms with Crippen LogP contribution in [0.3, 0.4) is 0 Å². The molecule has 110 valence electrons. The summed E-state index contributed by atoms with van der Waals surface area (Å²) in [7, 11) is 0. The first-order valence-electron chi connectivity index (χ1n) is 7.14. The molecule has 1 aliphatic rings. The van der Waals surface area contributed by atoms with Crippen molar-refractivity contribution in [3.8, 4) is 0 Å². The fraction of sp³-hybridized carbons (Fsp3) is 0.600. The zero-order valence-electron chi connectivity index (χ0n) is 11.7. The van der Waals surface area contributed by atoms with Gasteiger partial charge in [-0.2, -0.15) is 4.39 Å². The zero-order valence-corrected chi connectivity index (χ0v) is 11.7. The molecule has 5 heteroatoms. The Hall–Kier alpha value is -1.49. The Morgan fingerprint density at radius 2 is 2.25 bits per heavy atom. The fourth-order valence-corrected chi connectivity index (χ4v) is 2.77. The number of ether oxygens (including phenoxy) is 1. The van der Waals surface area contributed by atoms with E-state index in [1.54, 1.807) is 6.07 Å². The van der Waals surface area contributed by atoms with Crippen molar-refractivity contribution in [2.75, 3.05) is 0 Å². The summed E-state index contributed by atoms with van der Waals surface area (Å²) in [6.07, 6.45) is 5.96. The van der Waals surface area contributed by atoms with Gasteiger partial charge in [0, 0.05) is 6.07 Å². The number of nitrogens with zero attached hydrogens (tertiary/aromatic N) is 1. The molecule has 0 spiro atoms. The monoisotopic (exact) mass is 281 g/mol. The molecule has 0 bridgehead atoms. The van der Waals surface area contributed by atoms with Crippen LogP contribution < -0.4 is 0 Å². The van der Waals surface area contributed by atoms with Crippen LogP contribution in [0.15, 0.2) is 18.2 Å². The maximum Gasteiger partial charge on any atom is 0.304 e. The second kappa shape index (κ2) is 6.79. The normalized spacial score (nSPS) is 22.7. The molecule has 1 fully saturated rings. The van der Waals surface area contributed by atoms with Gasteiger partial charge >= 0.3 is 5.69 Å². The molecule has 2 rings (SSSR count). The summed E-state index contributed by atoms with van der Waals surface area (Å²) < 4.78 is 19.3. The van der Waals surface area contributed by atoms with Gasteiger partial charge in [-0.15, -0.1) is 0 Å². The van der Waals surface area contributed by atoms with Crippen molar-refractivity contribution in [3.05, 3.63) is 39.7 Å². The Bertz CT molecular complexity index is 478. The van der Waals surface area contributed by atoms with Crippen molar-refractivity contribution >= 4 is 5.69 Å². The summed E-state index contributed by atoms with van der Waals surface area (Å²) in [5, 5.41) is 10.5. The number of rotatable bonds is 5. The van der Waals surface area contributed by atoms with Gasteiger partial charge in [0.05, 0.1) is 17.6 Å². The minimum Gasteiger partial charge on any atom is -0.374 e. The van der Waals surface area contributed by atoms with Crippen molar-refractivity contribution in [3.63, 3.8) is 0 Å². The third-order valence-electron chi connectivity index (χ3n) is 4.01. The van der Waals surface area contributed by atoms with Crippen LogP contribution in [0.4, 0.5) is 10.1 Å². The van der Waals surface area contributed by atoms with Crippen molar-refractivity contribution in [2.24, 2.45) is 5.92 Å². The van der Waals surface area contributed by atoms with E-state index in [0.717, 1.165) is 18.8 Å². The van der Waals surface area contributed by atoms with Gasteiger partial charge in [0.15, 0.2) is 0 Å². The number of benzene rings is 1. The van der Waals surface area contributed by atoms with E-state index in [-0.39, 0.29) is 6.10 Å². The molecule has 1 aromatic carbocycles. The molecule has 1 saturated carbocycles. The molecule has 2 atom stereocenters. The van der Waals surface area contributed by atoms with E-state index in [2.05, 4.69) is 6.92 Å². The number of hydrogen-bond donors (Lipinski definition) is 0. The number of halogens is 1. The standard InChI is InChI=1S/C15H20FNO3/c1-2-11-4-3-5-13(8-11)20-10-12-6-7-15(17(18)19)14(16)9-12/h6-7,9,11,13H,2-5,8,10H2,1H3. The van der Waals surface area contributed by atoms with Crippen LogP contribution >= 0.6 is 0 Å². The van der Waals surface area contributed by atoms with Gasteiger partial charge in [0.2, 0.25) is 5.82 Å². The van der Waals surface area contributed by atoms with Gasteiger partial charge in [0.25, 0.3) is 0 Å². The molecule has 0 radical (unpaired) electrons. The molecule has 1 aromatic rings. The summed E-state index contributed by atoms with van der Waals surface area (Å²) in [5.41, 5.74) is 0.157. The Morgan fingerprint density at radius 1 is 1.45 bits per heavy atom. The Balaban J connectivity index is 1.91. The van der Waals surface area contributed by atoms with Crippen LogP contribution in [-0.2, 0) is 11.3 Å². The van der Waals surface area contributed by atoms with Crippen LogP contribution in [0.5, 0.6) is 0 Å². The van der Waals surface area contributed by atoms with Gasteiger partial charge < -0.3 is 4.74 Å². The minimum atomic E-state index is -0.800. The maximum absolute atomic E-state index is 13.5. The molecule has 2 unspecified atom stereocenters. The molecule has 0 aromatic heterocycles. The average Bonchev–Trinajstić information content (AvgIpc) is 2.45. The highest BCUT2D eigenvalue weighted by Crippen LogP contribution is 2.29. The lowest BCUT2D eigenvalue weighted by Gasteiger charge is -2.28. The zero-order chi connectivity index (χ0) is 14.5. The third-order valence-corrected chi connectivity index (χ3v) is 4.01. The summed E-state index contributed by atoms with van der Waals surface area (Å²) in [4.78, 5) is 9.83. The molecule has 0 N–H and O–H groups in total. The SMILES string of the molecule is CCC1CCCC(OCc2ccc([N+](=O)[O-])c(F)c2)C1. The molecule has 0 heterocycles. The lowest BCUT2D eigenvalue weighted by Crippen LogP contribution is -2.22. The number of nitro groups is 1. The van der Waals surface area contributed by atoms with Crippen molar-refractivity contribution in [2.45, 2.75) is 51.7 Å². The molecule has 0 aliphatic heterocycles. The third kappa shape index (κ3) is 3.76. The highest BCUT2D eigenvalue weighted by Gasteiger charge is 2.21. The number of nitro benzene ring substituents is 1. The molecule has 0 amide bonds. The van der Waals surface area contributed by atoms with Crippen LogP contribution in [0.25, 0.3) is 0 Å². The Morgan fingerprint density at radius 3 is 2.90 bits per heavy atom. The van der Waals surface area contributed by atoms with E-state index in [0.29, 0.717) is 12.2 Å². The van der Waals surface area contributed by atoms with Crippen LogP contribution in [0.2, 0.25) is 0 Å². The Kier molecular flexibility index (Phi) is 5.06. The lowest BCUT2D eigenvalue weighted by molar-refractivity contribution is -0.387. The maximum atomic E-state index is 13.5. The minimum absolute atomic E-state index is 0.229. The van der Waals surface area contributed by atoms with E-state index in [4.69, 9.17) is 4.74 Å². The second-order valence-corrected chi connectivity index (χ2v) is 5.42. The number of hydrogen-bond acceptors (Lipinski definition) is 3. The van der Waals surface area contributed by atoms with E-state index in [1.165, 1.54) is 31.4 Å². The van der Waals surface area contributed by atoms with Gasteiger partial charge in [0.1, 0.15) is 0 Å². The first-order valence-corrected chi connectivity index (χ1v) is 7.14. The fourth-order valence-electron chi connectivity index (χ4n) is 2.77. The molecular weight excluding hydrogens is 261 g/mol. The van der Waals surface area contributed by atoms with Gasteiger partial charge in [-0.25, -0.2) is 0 Å². The quantitative estimate of drug-likeness (QED) is 0.599. The smallest absolute Gasteiger partial charge is 0.304 e. The van der Waals surface area contributed by atoms with Crippen LogP contribution in [0.1, 0.15) is 44.6 Å². The van der Waals surface area contributed by atoms with Gasteiger partial charge in [-0.1, -0.05) is 26.2 Å². The second-order valence-electron chi connectivity index (χ2n) is 5.42. The highest BCUT2D eigenvalue weighted by atomic mass is 19.1. The van der Waals surface area contributed by atoms with E-state index in [1.807, 2.05) is 0 Å². The predicted molar refractivity (Wildman–Crippen MR) is 73.9 cm³/mol.